The smallest absolute Gasteiger partial charge is 0.261 e. The van der Waals surface area contributed by atoms with Gasteiger partial charge in [-0.2, -0.15) is 0 Å². The first kappa shape index (κ1) is 24.3. The molecule has 3 heterocycles. The molecule has 1 saturated heterocycles. The van der Waals surface area contributed by atoms with Gasteiger partial charge in [0.1, 0.15) is 24.2 Å². The van der Waals surface area contributed by atoms with Crippen LogP contribution >= 0.6 is 11.6 Å². The number of nitrogens with one attached hydrogen (secondary N) is 3. The standard InChI is InChI=1S/C26H27ClFN5O3/c1-15-9-18(33-7-8-36-19(12-28)14-33)11-21-24(15)32-25(31-21)23-20(5-6-29-26(23)35)30-13-22(34)16-3-2-4-17(27)10-16/h2-6,9-11,19,22,34H,7-8,12-14H2,1H3,(H,31,32)(H2,29,30,35)/t19-,22-/m1/s1. The van der Waals surface area contributed by atoms with Gasteiger partial charge in [-0.1, -0.05) is 23.7 Å². The Kier molecular flexibility index (Phi) is 6.95. The number of benzene rings is 2. The van der Waals surface area contributed by atoms with E-state index in [0.29, 0.717) is 47.4 Å². The number of alkyl halides is 1. The van der Waals surface area contributed by atoms with E-state index in [1.807, 2.05) is 19.1 Å². The number of rotatable bonds is 7. The Morgan fingerprint density at radius 2 is 2.19 bits per heavy atom. The van der Waals surface area contributed by atoms with E-state index in [1.165, 1.54) is 0 Å². The largest absolute Gasteiger partial charge is 0.387 e. The molecule has 0 radical (unpaired) electrons. The van der Waals surface area contributed by atoms with Crippen LogP contribution in [-0.4, -0.2) is 59.1 Å². The van der Waals surface area contributed by atoms with Crippen LogP contribution in [0.25, 0.3) is 22.4 Å². The number of halogens is 2. The second-order valence-corrected chi connectivity index (χ2v) is 9.32. The molecule has 8 nitrogen and oxygen atoms in total. The molecule has 1 fully saturated rings. The van der Waals surface area contributed by atoms with Crippen LogP contribution in [0.15, 0.2) is 53.5 Å². The summed E-state index contributed by atoms with van der Waals surface area (Å²) < 4.78 is 18.6. The Morgan fingerprint density at radius 3 is 3.00 bits per heavy atom. The summed E-state index contributed by atoms with van der Waals surface area (Å²) in [6, 6.07) is 12.7. The lowest BCUT2D eigenvalue weighted by molar-refractivity contribution is 0.0247. The fourth-order valence-corrected chi connectivity index (χ4v) is 4.72. The van der Waals surface area contributed by atoms with Crippen molar-refractivity contribution in [2.45, 2.75) is 19.1 Å². The average molecular weight is 512 g/mol. The van der Waals surface area contributed by atoms with Crippen LogP contribution < -0.4 is 15.8 Å². The van der Waals surface area contributed by atoms with Gasteiger partial charge in [0.25, 0.3) is 5.56 Å². The number of aliphatic hydroxyl groups excluding tert-OH is 1. The second kappa shape index (κ2) is 10.3. The zero-order valence-corrected chi connectivity index (χ0v) is 20.5. The summed E-state index contributed by atoms with van der Waals surface area (Å²) in [4.78, 5) is 25.7. The Labute approximate surface area is 212 Å². The molecule has 2 aromatic heterocycles. The van der Waals surface area contributed by atoms with Crippen molar-refractivity contribution in [2.75, 3.05) is 43.1 Å². The predicted molar refractivity (Wildman–Crippen MR) is 140 cm³/mol. The number of aliphatic hydroxyl groups is 1. The average Bonchev–Trinajstić information content (AvgIpc) is 3.31. The van der Waals surface area contributed by atoms with Crippen LogP contribution in [0.4, 0.5) is 15.8 Å². The number of H-pyrrole nitrogens is 2. The fraction of sp³-hybridized carbons (Fsp3) is 0.308. The summed E-state index contributed by atoms with van der Waals surface area (Å²) in [6.45, 7) is 3.22. The zero-order chi connectivity index (χ0) is 25.2. The van der Waals surface area contributed by atoms with E-state index < -0.39 is 18.9 Å². The van der Waals surface area contributed by atoms with E-state index >= 15 is 0 Å². The third-order valence-corrected chi connectivity index (χ3v) is 6.59. The van der Waals surface area contributed by atoms with Crippen molar-refractivity contribution in [2.24, 2.45) is 0 Å². The highest BCUT2D eigenvalue weighted by atomic mass is 35.5. The van der Waals surface area contributed by atoms with Crippen molar-refractivity contribution in [1.82, 2.24) is 15.0 Å². The molecular formula is C26H27ClFN5O3. The van der Waals surface area contributed by atoms with Crippen LogP contribution in [0.1, 0.15) is 17.2 Å². The maximum atomic E-state index is 13.2. The molecule has 36 heavy (non-hydrogen) atoms. The lowest BCUT2D eigenvalue weighted by Gasteiger charge is -2.33. The van der Waals surface area contributed by atoms with Crippen molar-refractivity contribution in [3.63, 3.8) is 0 Å². The van der Waals surface area contributed by atoms with Crippen LogP contribution in [0.5, 0.6) is 0 Å². The maximum absolute atomic E-state index is 13.2. The number of pyridine rings is 1. The van der Waals surface area contributed by atoms with Gasteiger partial charge in [-0.25, -0.2) is 9.37 Å². The zero-order valence-electron chi connectivity index (χ0n) is 19.7. The van der Waals surface area contributed by atoms with Gasteiger partial charge >= 0.3 is 0 Å². The normalized spacial score (nSPS) is 16.9. The van der Waals surface area contributed by atoms with Gasteiger partial charge in [0.15, 0.2) is 0 Å². The monoisotopic (exact) mass is 511 g/mol. The minimum Gasteiger partial charge on any atom is -0.387 e. The minimum atomic E-state index is -0.821. The number of aromatic amines is 2. The van der Waals surface area contributed by atoms with E-state index in [9.17, 15) is 14.3 Å². The molecule has 4 aromatic rings. The van der Waals surface area contributed by atoms with Crippen molar-refractivity contribution in [3.8, 4) is 11.4 Å². The molecule has 5 rings (SSSR count). The molecule has 10 heteroatoms. The first-order chi connectivity index (χ1) is 17.4. The number of nitrogens with zero attached hydrogens (tertiary/aromatic N) is 2. The molecule has 1 aliphatic rings. The van der Waals surface area contributed by atoms with E-state index in [-0.39, 0.29) is 12.1 Å². The highest BCUT2D eigenvalue weighted by Gasteiger charge is 2.22. The molecule has 0 bridgehead atoms. The third kappa shape index (κ3) is 4.95. The van der Waals surface area contributed by atoms with E-state index in [0.717, 1.165) is 22.3 Å². The molecule has 0 saturated carbocycles. The molecule has 0 amide bonds. The highest BCUT2D eigenvalue weighted by molar-refractivity contribution is 6.30. The third-order valence-electron chi connectivity index (χ3n) is 6.35. The molecule has 2 aromatic carbocycles. The molecule has 0 unspecified atom stereocenters. The minimum absolute atomic E-state index is 0.174. The number of anilines is 2. The van der Waals surface area contributed by atoms with Crippen molar-refractivity contribution < 1.29 is 14.2 Å². The lowest BCUT2D eigenvalue weighted by Crippen LogP contribution is -2.43. The van der Waals surface area contributed by atoms with Gasteiger partial charge in [-0.05, 0) is 48.4 Å². The number of aryl methyl sites for hydroxylation is 1. The summed E-state index contributed by atoms with van der Waals surface area (Å²) in [5.41, 5.74) is 4.65. The number of aromatic nitrogens is 3. The number of imidazole rings is 1. The molecule has 1 aliphatic heterocycles. The summed E-state index contributed by atoms with van der Waals surface area (Å²) in [5.74, 6) is 0.412. The lowest BCUT2D eigenvalue weighted by atomic mass is 10.1. The van der Waals surface area contributed by atoms with Crippen LogP contribution in [0, 0.1) is 6.92 Å². The van der Waals surface area contributed by atoms with E-state index in [4.69, 9.17) is 21.3 Å². The number of hydrogen-bond acceptors (Lipinski definition) is 6. The van der Waals surface area contributed by atoms with Gasteiger partial charge in [-0.3, -0.25) is 4.79 Å². The Hall–Kier alpha value is -3.40. The summed E-state index contributed by atoms with van der Waals surface area (Å²) in [6.07, 6.45) is 0.287. The van der Waals surface area contributed by atoms with E-state index in [1.54, 1.807) is 36.5 Å². The summed E-state index contributed by atoms with van der Waals surface area (Å²) in [7, 11) is 0. The number of fused-ring (bicyclic) bond motifs is 1. The molecule has 188 valence electrons. The molecule has 4 N–H and O–H groups in total. The van der Waals surface area contributed by atoms with Gasteiger partial charge in [-0.15, -0.1) is 0 Å². The first-order valence-electron chi connectivity index (χ1n) is 11.7. The quantitative estimate of drug-likeness (QED) is 0.296. The summed E-state index contributed by atoms with van der Waals surface area (Å²) >= 11 is 6.04. The highest BCUT2D eigenvalue weighted by Crippen LogP contribution is 2.30. The predicted octanol–water partition coefficient (Wildman–Crippen LogP) is 4.20. The van der Waals surface area contributed by atoms with Crippen molar-refractivity contribution in [1.29, 1.82) is 0 Å². The van der Waals surface area contributed by atoms with Crippen molar-refractivity contribution in [3.05, 3.63) is 75.2 Å². The fourth-order valence-electron chi connectivity index (χ4n) is 4.52. The maximum Gasteiger partial charge on any atom is 0.261 e. The van der Waals surface area contributed by atoms with Gasteiger partial charge < -0.3 is 30.0 Å². The van der Waals surface area contributed by atoms with Gasteiger partial charge in [0.2, 0.25) is 0 Å². The number of ether oxygens (including phenoxy) is 1. The molecule has 0 aliphatic carbocycles. The van der Waals surface area contributed by atoms with Crippen LogP contribution in [0.2, 0.25) is 5.02 Å². The number of morpholine rings is 1. The van der Waals surface area contributed by atoms with Crippen LogP contribution in [0.3, 0.4) is 0 Å². The number of hydrogen-bond donors (Lipinski definition) is 4. The Bertz CT molecular complexity index is 1440. The van der Waals surface area contributed by atoms with E-state index in [2.05, 4.69) is 20.2 Å². The molecule has 0 spiro atoms. The second-order valence-electron chi connectivity index (χ2n) is 8.88. The van der Waals surface area contributed by atoms with Crippen LogP contribution in [-0.2, 0) is 4.74 Å². The van der Waals surface area contributed by atoms with Crippen molar-refractivity contribution >= 4 is 34.0 Å². The topological polar surface area (TPSA) is 106 Å². The first-order valence-corrected chi connectivity index (χ1v) is 12.1. The van der Waals surface area contributed by atoms with Gasteiger partial charge in [0.05, 0.1) is 29.4 Å². The Morgan fingerprint density at radius 1 is 1.33 bits per heavy atom. The van der Waals surface area contributed by atoms with Gasteiger partial charge in [0, 0.05) is 36.5 Å². The Balaban J connectivity index is 1.44. The SMILES string of the molecule is Cc1cc(N2CCO[C@H](CF)C2)cc2[nH]c(-c3c(NC[C@@H](O)c4cccc(Cl)c4)cc[nH]c3=O)nc12. The molecular weight excluding hydrogens is 485 g/mol. The summed E-state index contributed by atoms with van der Waals surface area (Å²) in [5, 5.41) is 14.3. The molecule has 2 atom stereocenters.